The fourth-order valence-electron chi connectivity index (χ4n) is 8.18. The first-order valence-electron chi connectivity index (χ1n) is 18.8. The minimum absolute atomic E-state index is 0.957. The molecule has 0 atom stereocenters. The van der Waals surface area contributed by atoms with E-state index in [0.29, 0.717) is 0 Å². The zero-order valence-corrected chi connectivity index (χ0v) is 31.8. The molecule has 5 aromatic carbocycles. The number of aromatic nitrogens is 4. The molecule has 9 aromatic rings. The van der Waals surface area contributed by atoms with Crippen LogP contribution >= 0.6 is 0 Å². The van der Waals surface area contributed by atoms with Crippen molar-refractivity contribution in [2.45, 2.75) is 27.7 Å². The maximum atomic E-state index is 4.51. The fourth-order valence-corrected chi connectivity index (χ4v) is 8.18. The van der Waals surface area contributed by atoms with Gasteiger partial charge in [-0.25, -0.2) is 0 Å². The monoisotopic (exact) mass is 724 g/mol. The van der Waals surface area contributed by atoms with Crippen molar-refractivity contribution >= 4 is 55.7 Å². The van der Waals surface area contributed by atoms with Crippen LogP contribution in [0.5, 0.6) is 0 Å². The molecule has 4 heterocycles. The number of aryl methyl sites for hydroxylation is 4. The van der Waals surface area contributed by atoms with Gasteiger partial charge in [-0.05, 0) is 144 Å². The number of pyridine rings is 4. The Hall–Kier alpha value is -7.18. The standard InChI is InChI=1S/C50H40N6/c1-33-21-34(2)24-37(23-33)49-45-15-13-40(56(43-11-7-19-53-31-43)44-12-8-20-54-32-44)28-48(45)50(38-25-35(3)22-36(4)26-38)46-16-14-39(27-47(46)49)55(41-9-5-17-51-29-41)42-10-6-18-52-30-42/h5-32H,1-4H3. The lowest BCUT2D eigenvalue weighted by molar-refractivity contribution is 1.20. The van der Waals surface area contributed by atoms with E-state index in [-0.39, 0.29) is 0 Å². The van der Waals surface area contributed by atoms with Crippen LogP contribution in [0, 0.1) is 27.7 Å². The van der Waals surface area contributed by atoms with Gasteiger partial charge in [-0.1, -0.05) is 70.8 Å². The second-order valence-electron chi connectivity index (χ2n) is 14.5. The number of hydrogen-bond donors (Lipinski definition) is 0. The van der Waals surface area contributed by atoms with Crippen molar-refractivity contribution in [3.05, 3.63) is 193 Å². The molecule has 56 heavy (non-hydrogen) atoms. The summed E-state index contributed by atoms with van der Waals surface area (Å²) < 4.78 is 0. The Morgan fingerprint density at radius 3 is 0.929 bits per heavy atom. The van der Waals surface area contributed by atoms with Gasteiger partial charge in [0.05, 0.1) is 47.5 Å². The molecule has 0 fully saturated rings. The number of fused-ring (bicyclic) bond motifs is 2. The molecule has 0 saturated heterocycles. The van der Waals surface area contributed by atoms with Crippen molar-refractivity contribution in [3.63, 3.8) is 0 Å². The molecule has 0 spiro atoms. The van der Waals surface area contributed by atoms with Gasteiger partial charge in [0.15, 0.2) is 0 Å². The Bertz CT molecular complexity index is 2520. The lowest BCUT2D eigenvalue weighted by Crippen LogP contribution is -2.11. The van der Waals surface area contributed by atoms with E-state index in [0.717, 1.165) is 44.9 Å². The molecule has 6 heteroatoms. The summed E-state index contributed by atoms with van der Waals surface area (Å²) in [5, 5.41) is 4.67. The quantitative estimate of drug-likeness (QED) is 0.145. The van der Waals surface area contributed by atoms with Crippen LogP contribution in [-0.4, -0.2) is 19.9 Å². The van der Waals surface area contributed by atoms with Gasteiger partial charge in [-0.2, -0.15) is 0 Å². The highest BCUT2D eigenvalue weighted by Gasteiger charge is 2.23. The summed E-state index contributed by atoms with van der Waals surface area (Å²) in [5.74, 6) is 0. The molecule has 0 aliphatic carbocycles. The first-order valence-corrected chi connectivity index (χ1v) is 18.8. The van der Waals surface area contributed by atoms with E-state index in [1.54, 1.807) is 0 Å². The fraction of sp³-hybridized carbons (Fsp3) is 0.0800. The van der Waals surface area contributed by atoms with E-state index in [4.69, 9.17) is 0 Å². The number of nitrogens with zero attached hydrogens (tertiary/aromatic N) is 6. The average molecular weight is 725 g/mol. The van der Waals surface area contributed by atoms with Crippen LogP contribution in [0.15, 0.2) is 171 Å². The molecule has 0 radical (unpaired) electrons. The van der Waals surface area contributed by atoms with Crippen LogP contribution in [0.25, 0.3) is 43.8 Å². The molecule has 0 aliphatic rings. The molecule has 0 bridgehead atoms. The van der Waals surface area contributed by atoms with E-state index in [1.807, 2.05) is 73.8 Å². The molecular weight excluding hydrogens is 685 g/mol. The second-order valence-corrected chi connectivity index (χ2v) is 14.5. The number of benzene rings is 5. The molecule has 4 aromatic heterocycles. The normalized spacial score (nSPS) is 11.2. The maximum Gasteiger partial charge on any atom is 0.0645 e. The summed E-state index contributed by atoms with van der Waals surface area (Å²) in [6.07, 6.45) is 14.9. The van der Waals surface area contributed by atoms with E-state index in [9.17, 15) is 0 Å². The van der Waals surface area contributed by atoms with E-state index in [1.165, 1.54) is 55.3 Å². The SMILES string of the molecule is Cc1cc(C)cc(-c2c3ccc(N(c4cccnc4)c4cccnc4)cc3c(-c3cc(C)cc(C)c3)c3ccc(N(c4cccnc4)c4cccnc4)cc23)c1. The van der Waals surface area contributed by atoms with Crippen LogP contribution in [0.2, 0.25) is 0 Å². The highest BCUT2D eigenvalue weighted by Crippen LogP contribution is 2.48. The van der Waals surface area contributed by atoms with Gasteiger partial charge in [0.1, 0.15) is 0 Å². The predicted octanol–water partition coefficient (Wildman–Crippen LogP) is 13.1. The smallest absolute Gasteiger partial charge is 0.0645 e. The highest BCUT2D eigenvalue weighted by molar-refractivity contribution is 6.22. The third-order valence-corrected chi connectivity index (χ3v) is 10.2. The third-order valence-electron chi connectivity index (χ3n) is 10.2. The molecule has 0 amide bonds. The summed E-state index contributed by atoms with van der Waals surface area (Å²) in [4.78, 5) is 22.5. The summed E-state index contributed by atoms with van der Waals surface area (Å²) in [7, 11) is 0. The van der Waals surface area contributed by atoms with Gasteiger partial charge >= 0.3 is 0 Å². The average Bonchev–Trinajstić information content (AvgIpc) is 3.21. The minimum Gasteiger partial charge on any atom is -0.307 e. The molecule has 0 saturated carbocycles. The van der Waals surface area contributed by atoms with Crippen molar-refractivity contribution in [1.29, 1.82) is 0 Å². The number of hydrogen-bond acceptors (Lipinski definition) is 6. The molecule has 0 unspecified atom stereocenters. The largest absolute Gasteiger partial charge is 0.307 e. The van der Waals surface area contributed by atoms with Gasteiger partial charge in [-0.3, -0.25) is 19.9 Å². The van der Waals surface area contributed by atoms with Gasteiger partial charge < -0.3 is 9.80 Å². The summed E-state index contributed by atoms with van der Waals surface area (Å²) in [5.41, 5.74) is 15.5. The molecule has 0 N–H and O–H groups in total. The maximum absolute atomic E-state index is 4.51. The Morgan fingerprint density at radius 2 is 0.643 bits per heavy atom. The van der Waals surface area contributed by atoms with Gasteiger partial charge in [0.2, 0.25) is 0 Å². The zero-order chi connectivity index (χ0) is 38.2. The van der Waals surface area contributed by atoms with E-state index < -0.39 is 0 Å². The molecule has 9 rings (SSSR count). The summed E-state index contributed by atoms with van der Waals surface area (Å²) in [6.45, 7) is 8.72. The van der Waals surface area contributed by atoms with Crippen LogP contribution < -0.4 is 9.80 Å². The first kappa shape index (κ1) is 34.6. The van der Waals surface area contributed by atoms with E-state index >= 15 is 0 Å². The van der Waals surface area contributed by atoms with Gasteiger partial charge in [0.25, 0.3) is 0 Å². The van der Waals surface area contributed by atoms with Crippen molar-refractivity contribution in [2.24, 2.45) is 0 Å². The molecule has 6 nitrogen and oxygen atoms in total. The Morgan fingerprint density at radius 1 is 0.321 bits per heavy atom. The number of rotatable bonds is 8. The summed E-state index contributed by atoms with van der Waals surface area (Å²) in [6, 6.07) is 43.8. The second kappa shape index (κ2) is 14.6. The summed E-state index contributed by atoms with van der Waals surface area (Å²) >= 11 is 0. The lowest BCUT2D eigenvalue weighted by atomic mass is 9.84. The van der Waals surface area contributed by atoms with Crippen LogP contribution in [-0.2, 0) is 0 Å². The molecule has 0 aliphatic heterocycles. The Kier molecular flexibility index (Phi) is 9.00. The molecular formula is C50H40N6. The van der Waals surface area contributed by atoms with Crippen molar-refractivity contribution in [1.82, 2.24) is 19.9 Å². The van der Waals surface area contributed by atoms with Crippen LogP contribution in [0.3, 0.4) is 0 Å². The Labute approximate surface area is 327 Å². The van der Waals surface area contributed by atoms with E-state index in [2.05, 4.69) is 154 Å². The predicted molar refractivity (Wildman–Crippen MR) is 232 cm³/mol. The minimum atomic E-state index is 0.957. The van der Waals surface area contributed by atoms with Crippen molar-refractivity contribution in [3.8, 4) is 22.3 Å². The third kappa shape index (κ3) is 6.52. The lowest BCUT2D eigenvalue weighted by Gasteiger charge is -2.27. The van der Waals surface area contributed by atoms with Crippen molar-refractivity contribution < 1.29 is 0 Å². The topological polar surface area (TPSA) is 58.0 Å². The van der Waals surface area contributed by atoms with Crippen LogP contribution in [0.4, 0.5) is 34.1 Å². The van der Waals surface area contributed by atoms with Gasteiger partial charge in [-0.15, -0.1) is 0 Å². The van der Waals surface area contributed by atoms with Gasteiger partial charge in [0, 0.05) is 36.2 Å². The number of anilines is 6. The van der Waals surface area contributed by atoms with Crippen LogP contribution in [0.1, 0.15) is 22.3 Å². The Balaban J connectivity index is 1.41. The molecule has 270 valence electrons. The highest BCUT2D eigenvalue weighted by atomic mass is 15.2. The first-order chi connectivity index (χ1) is 27.4. The van der Waals surface area contributed by atoms with Crippen molar-refractivity contribution in [2.75, 3.05) is 9.80 Å². The zero-order valence-electron chi connectivity index (χ0n) is 31.8.